The van der Waals surface area contributed by atoms with Gasteiger partial charge in [0.2, 0.25) is 0 Å². The summed E-state index contributed by atoms with van der Waals surface area (Å²) in [7, 11) is 0. The number of halogens is 1. The monoisotopic (exact) mass is 554 g/mol. The van der Waals surface area contributed by atoms with Crippen molar-refractivity contribution in [3.8, 4) is 39.6 Å². The van der Waals surface area contributed by atoms with E-state index in [0.29, 0.717) is 5.82 Å². The summed E-state index contributed by atoms with van der Waals surface area (Å²) >= 11 is 3.65. The van der Waals surface area contributed by atoms with E-state index < -0.39 is 0 Å². The number of fused-ring (bicyclic) bond motifs is 3. The van der Waals surface area contributed by atoms with Gasteiger partial charge in [0.25, 0.3) is 0 Å². The average Bonchev–Trinajstić information content (AvgIpc) is 3.31. The van der Waals surface area contributed by atoms with Crippen molar-refractivity contribution in [2.75, 3.05) is 11.9 Å². The van der Waals surface area contributed by atoms with Crippen molar-refractivity contribution >= 4 is 38.7 Å². The molecule has 182 valence electrons. The highest BCUT2D eigenvalue weighted by atomic mass is 79.9. The molecule has 0 saturated heterocycles. The van der Waals surface area contributed by atoms with Crippen LogP contribution in [0.5, 0.6) is 0 Å². The highest BCUT2D eigenvalue weighted by Crippen LogP contribution is 2.38. The fraction of sp³-hybridized carbons (Fsp3) is 0.0303. The minimum absolute atomic E-state index is 0.702. The van der Waals surface area contributed by atoms with Crippen LogP contribution in [0.1, 0.15) is 5.56 Å². The second-order valence-electron chi connectivity index (χ2n) is 9.29. The molecule has 1 N–H and O–H groups in total. The van der Waals surface area contributed by atoms with E-state index >= 15 is 0 Å². The first-order chi connectivity index (χ1) is 18.7. The van der Waals surface area contributed by atoms with Gasteiger partial charge < -0.3 is 5.32 Å². The van der Waals surface area contributed by atoms with Crippen LogP contribution in [-0.2, 0) is 0 Å². The number of anilines is 1. The molecule has 0 bridgehead atoms. The normalized spacial score (nSPS) is 12.3. The molecule has 0 radical (unpaired) electrons. The Balaban J connectivity index is 1.42. The number of aromatic nitrogens is 3. The molecule has 3 heterocycles. The highest BCUT2D eigenvalue weighted by molar-refractivity contribution is 9.10. The summed E-state index contributed by atoms with van der Waals surface area (Å²) in [6.45, 7) is 0.798. The van der Waals surface area contributed by atoms with Gasteiger partial charge in [-0.25, -0.2) is 9.97 Å². The van der Waals surface area contributed by atoms with Crippen LogP contribution < -0.4 is 5.32 Å². The van der Waals surface area contributed by atoms with Gasteiger partial charge in [0.1, 0.15) is 5.82 Å². The van der Waals surface area contributed by atoms with E-state index in [9.17, 15) is 0 Å². The lowest BCUT2D eigenvalue weighted by Crippen LogP contribution is -2.08. The Labute approximate surface area is 229 Å². The third-order valence-electron chi connectivity index (χ3n) is 6.87. The molecule has 1 aliphatic heterocycles. The van der Waals surface area contributed by atoms with Crippen molar-refractivity contribution in [2.24, 2.45) is 0 Å². The highest BCUT2D eigenvalue weighted by Gasteiger charge is 2.19. The second kappa shape index (κ2) is 9.43. The first-order valence-electron chi connectivity index (χ1n) is 12.6. The van der Waals surface area contributed by atoms with Gasteiger partial charge in [0.05, 0.1) is 16.9 Å². The summed E-state index contributed by atoms with van der Waals surface area (Å²) in [5.74, 6) is 1.80. The second-order valence-corrected chi connectivity index (χ2v) is 10.2. The standard InChI is InChI=1S/C33H23BrN4/c34-25-16-17-31-28(20-25)27-15-8-18-35-33(27)38(31)26-14-7-13-24(19-26)32-36-29(22-9-3-1-4-10-22)21-30(37-32)23-11-5-2-6-12-23/h1-17,19-21,35H,18H2. The summed E-state index contributed by atoms with van der Waals surface area (Å²) in [5, 5.41) is 4.79. The first-order valence-corrected chi connectivity index (χ1v) is 13.4. The van der Waals surface area contributed by atoms with Crippen LogP contribution in [0.3, 0.4) is 0 Å². The smallest absolute Gasteiger partial charge is 0.160 e. The van der Waals surface area contributed by atoms with Gasteiger partial charge in [-0.3, -0.25) is 4.57 Å². The molecule has 38 heavy (non-hydrogen) atoms. The Kier molecular flexibility index (Phi) is 5.64. The zero-order chi connectivity index (χ0) is 25.5. The van der Waals surface area contributed by atoms with Crippen LogP contribution in [0.4, 0.5) is 5.82 Å². The summed E-state index contributed by atoms with van der Waals surface area (Å²) < 4.78 is 3.36. The molecule has 0 aliphatic carbocycles. The van der Waals surface area contributed by atoms with E-state index in [4.69, 9.17) is 9.97 Å². The molecule has 2 aromatic heterocycles. The predicted octanol–water partition coefficient (Wildman–Crippen LogP) is 8.62. The van der Waals surface area contributed by atoms with Gasteiger partial charge >= 0.3 is 0 Å². The topological polar surface area (TPSA) is 42.7 Å². The molecule has 7 rings (SSSR count). The lowest BCUT2D eigenvalue weighted by molar-refractivity contribution is 1.09. The SMILES string of the molecule is Brc1ccc2c(c1)c1c(n2-c2cccc(-c3nc(-c4ccccc4)cc(-c4ccccc4)n3)c2)NCC=C1. The fourth-order valence-corrected chi connectivity index (χ4v) is 5.47. The van der Waals surface area contributed by atoms with Gasteiger partial charge in [-0.05, 0) is 36.4 Å². The third kappa shape index (κ3) is 4.01. The molecular formula is C33H23BrN4. The molecule has 0 spiro atoms. The lowest BCUT2D eigenvalue weighted by atomic mass is 10.1. The van der Waals surface area contributed by atoms with Gasteiger partial charge in [0, 0.05) is 44.3 Å². The molecular weight excluding hydrogens is 532 g/mol. The van der Waals surface area contributed by atoms with Crippen LogP contribution in [-0.4, -0.2) is 21.1 Å². The number of rotatable bonds is 4. The molecule has 1 aliphatic rings. The molecule has 5 heteroatoms. The van der Waals surface area contributed by atoms with Gasteiger partial charge in [0.15, 0.2) is 5.82 Å². The minimum atomic E-state index is 0.702. The van der Waals surface area contributed by atoms with E-state index in [1.165, 1.54) is 10.9 Å². The van der Waals surface area contributed by atoms with Crippen LogP contribution in [0.25, 0.3) is 56.6 Å². The molecule has 4 nitrogen and oxygen atoms in total. The lowest BCUT2D eigenvalue weighted by Gasteiger charge is -2.16. The summed E-state index contributed by atoms with van der Waals surface area (Å²) in [5.41, 5.74) is 8.32. The van der Waals surface area contributed by atoms with Crippen molar-refractivity contribution in [3.05, 3.63) is 125 Å². The first kappa shape index (κ1) is 22.7. The van der Waals surface area contributed by atoms with Gasteiger partial charge in [-0.2, -0.15) is 0 Å². The van der Waals surface area contributed by atoms with Crippen molar-refractivity contribution in [3.63, 3.8) is 0 Å². The zero-order valence-corrected chi connectivity index (χ0v) is 22.1. The minimum Gasteiger partial charge on any atom is -0.367 e. The molecule has 0 atom stereocenters. The van der Waals surface area contributed by atoms with Crippen molar-refractivity contribution in [2.45, 2.75) is 0 Å². The molecule has 4 aromatic carbocycles. The molecule has 0 amide bonds. The average molecular weight is 555 g/mol. The Morgan fingerprint density at radius 1 is 0.684 bits per heavy atom. The Bertz CT molecular complexity index is 1760. The molecule has 0 saturated carbocycles. The van der Waals surface area contributed by atoms with Crippen LogP contribution in [0, 0.1) is 0 Å². The van der Waals surface area contributed by atoms with Crippen LogP contribution in [0.2, 0.25) is 0 Å². The van der Waals surface area contributed by atoms with Gasteiger partial charge in [-0.15, -0.1) is 0 Å². The van der Waals surface area contributed by atoms with Crippen LogP contribution >= 0.6 is 15.9 Å². The Hall–Kier alpha value is -4.48. The number of nitrogens with zero attached hydrogens (tertiary/aromatic N) is 3. The van der Waals surface area contributed by atoms with Crippen LogP contribution in [0.15, 0.2) is 120 Å². The van der Waals surface area contributed by atoms with E-state index in [0.717, 1.165) is 56.1 Å². The molecule has 0 fully saturated rings. The number of hydrogen-bond donors (Lipinski definition) is 1. The van der Waals surface area contributed by atoms with E-state index in [1.54, 1.807) is 0 Å². The van der Waals surface area contributed by atoms with E-state index in [1.807, 2.05) is 36.4 Å². The molecule has 0 unspecified atom stereocenters. The predicted molar refractivity (Wildman–Crippen MR) is 160 cm³/mol. The summed E-state index contributed by atoms with van der Waals surface area (Å²) in [6.07, 6.45) is 4.37. The van der Waals surface area contributed by atoms with Gasteiger partial charge in [-0.1, -0.05) is 101 Å². The number of hydrogen-bond acceptors (Lipinski definition) is 3. The maximum Gasteiger partial charge on any atom is 0.160 e. The van der Waals surface area contributed by atoms with E-state index in [-0.39, 0.29) is 0 Å². The Morgan fingerprint density at radius 2 is 1.37 bits per heavy atom. The molecule has 6 aromatic rings. The maximum atomic E-state index is 5.03. The third-order valence-corrected chi connectivity index (χ3v) is 7.36. The fourth-order valence-electron chi connectivity index (χ4n) is 5.11. The zero-order valence-electron chi connectivity index (χ0n) is 20.5. The summed E-state index contributed by atoms with van der Waals surface area (Å²) in [4.78, 5) is 10.1. The quantitative estimate of drug-likeness (QED) is 0.237. The summed E-state index contributed by atoms with van der Waals surface area (Å²) in [6, 6.07) is 37.6. The van der Waals surface area contributed by atoms with Crippen molar-refractivity contribution in [1.29, 1.82) is 0 Å². The maximum absolute atomic E-state index is 5.03. The number of benzene rings is 4. The van der Waals surface area contributed by atoms with Crippen molar-refractivity contribution in [1.82, 2.24) is 14.5 Å². The Morgan fingerprint density at radius 3 is 2.08 bits per heavy atom. The van der Waals surface area contributed by atoms with E-state index in [2.05, 4.69) is 111 Å². The number of nitrogens with one attached hydrogen (secondary N) is 1. The van der Waals surface area contributed by atoms with Crippen molar-refractivity contribution < 1.29 is 0 Å². The largest absolute Gasteiger partial charge is 0.367 e.